The molecule has 0 N–H and O–H groups in total. The summed E-state index contributed by atoms with van der Waals surface area (Å²) in [5.41, 5.74) is 12.1. The van der Waals surface area contributed by atoms with Gasteiger partial charge in [0, 0.05) is 10.8 Å². The maximum Gasteiger partial charge on any atom is 0.136 e. The molecule has 0 spiro atoms. The summed E-state index contributed by atoms with van der Waals surface area (Å²) in [6.45, 7) is 0. The van der Waals surface area contributed by atoms with Crippen LogP contribution in [0.3, 0.4) is 0 Å². The topological polar surface area (TPSA) is 13.1 Å². The molecule has 0 amide bonds. The zero-order valence-electron chi connectivity index (χ0n) is 25.8. The molecule has 220 valence electrons. The van der Waals surface area contributed by atoms with Crippen molar-refractivity contribution in [1.29, 1.82) is 0 Å². The average Bonchev–Trinajstić information content (AvgIpc) is 3.53. The quantitative estimate of drug-likeness (QED) is 0.184. The Morgan fingerprint density at radius 3 is 1.87 bits per heavy atom. The van der Waals surface area contributed by atoms with Crippen molar-refractivity contribution >= 4 is 60.3 Å². The van der Waals surface area contributed by atoms with Crippen LogP contribution in [-0.2, 0) is 6.42 Å². The molecule has 10 rings (SSSR count). The van der Waals surface area contributed by atoms with E-state index < -0.39 is 0 Å². The third-order valence-electron chi connectivity index (χ3n) is 10.1. The summed E-state index contributed by atoms with van der Waals surface area (Å²) in [4.78, 5) is 0. The first-order valence-electron chi connectivity index (χ1n) is 16.5. The summed E-state index contributed by atoms with van der Waals surface area (Å²) in [5.74, 6) is 0. The lowest BCUT2D eigenvalue weighted by Crippen LogP contribution is -1.94. The van der Waals surface area contributed by atoms with Gasteiger partial charge < -0.3 is 4.42 Å². The van der Waals surface area contributed by atoms with Crippen LogP contribution in [0.5, 0.6) is 0 Å². The molecule has 1 heterocycles. The van der Waals surface area contributed by atoms with Gasteiger partial charge >= 0.3 is 0 Å². The van der Waals surface area contributed by atoms with Crippen LogP contribution in [-0.4, -0.2) is 0 Å². The molecule has 1 aliphatic rings. The minimum Gasteiger partial charge on any atom is -0.456 e. The van der Waals surface area contributed by atoms with E-state index in [1.165, 1.54) is 87.6 Å². The van der Waals surface area contributed by atoms with Crippen molar-refractivity contribution in [3.05, 3.63) is 163 Å². The Morgan fingerprint density at radius 1 is 0.447 bits per heavy atom. The minimum absolute atomic E-state index is 0.946. The Morgan fingerprint density at radius 2 is 1.06 bits per heavy atom. The Kier molecular flexibility index (Phi) is 5.77. The van der Waals surface area contributed by atoms with Crippen molar-refractivity contribution in [3.63, 3.8) is 0 Å². The van der Waals surface area contributed by atoms with Crippen LogP contribution in [0, 0.1) is 0 Å². The van der Waals surface area contributed by atoms with E-state index in [1.54, 1.807) is 0 Å². The van der Waals surface area contributed by atoms with Crippen molar-refractivity contribution in [3.8, 4) is 33.4 Å². The molecule has 1 aliphatic carbocycles. The second-order valence-electron chi connectivity index (χ2n) is 12.7. The van der Waals surface area contributed by atoms with Crippen LogP contribution in [0.4, 0.5) is 0 Å². The lowest BCUT2D eigenvalue weighted by Gasteiger charge is -2.19. The number of aryl methyl sites for hydroxylation is 1. The molecule has 0 unspecified atom stereocenters. The van der Waals surface area contributed by atoms with Crippen molar-refractivity contribution < 1.29 is 4.42 Å². The number of fused-ring (bicyclic) bond motifs is 8. The fourth-order valence-corrected chi connectivity index (χ4v) is 8.11. The predicted molar refractivity (Wildman–Crippen MR) is 200 cm³/mol. The monoisotopic (exact) mass is 598 g/mol. The van der Waals surface area contributed by atoms with Gasteiger partial charge in [0.15, 0.2) is 0 Å². The third-order valence-corrected chi connectivity index (χ3v) is 10.1. The SMILES string of the molecule is C1=Cc2ccc3oc4cccc(-c5cccc(-c6c7ccccc7c(-c7cccc8ccccc78)c7ccccc67)c5)c4c3c2CC1. The Hall–Kier alpha value is -5.92. The van der Waals surface area contributed by atoms with Gasteiger partial charge in [0.1, 0.15) is 11.2 Å². The maximum atomic E-state index is 6.47. The van der Waals surface area contributed by atoms with Crippen molar-refractivity contribution in [2.75, 3.05) is 0 Å². The average molecular weight is 599 g/mol. The summed E-state index contributed by atoms with van der Waals surface area (Å²) < 4.78 is 6.47. The highest BCUT2D eigenvalue weighted by Crippen LogP contribution is 2.46. The van der Waals surface area contributed by atoms with E-state index in [0.717, 1.165) is 24.0 Å². The van der Waals surface area contributed by atoms with Gasteiger partial charge in [-0.15, -0.1) is 0 Å². The van der Waals surface area contributed by atoms with Crippen LogP contribution < -0.4 is 0 Å². The number of hydrogen-bond donors (Lipinski definition) is 0. The lowest BCUT2D eigenvalue weighted by atomic mass is 9.84. The molecule has 0 bridgehead atoms. The van der Waals surface area contributed by atoms with Crippen molar-refractivity contribution in [2.24, 2.45) is 0 Å². The molecule has 0 radical (unpaired) electrons. The highest BCUT2D eigenvalue weighted by Gasteiger charge is 2.21. The molecule has 47 heavy (non-hydrogen) atoms. The number of benzene rings is 8. The Labute approximate surface area is 273 Å². The summed E-state index contributed by atoms with van der Waals surface area (Å²) in [6.07, 6.45) is 6.64. The Balaban J connectivity index is 1.25. The third kappa shape index (κ3) is 3.96. The highest BCUT2D eigenvalue weighted by molar-refractivity contribution is 6.24. The van der Waals surface area contributed by atoms with E-state index in [0.29, 0.717) is 0 Å². The summed E-state index contributed by atoms with van der Waals surface area (Å²) in [6, 6.07) is 53.2. The highest BCUT2D eigenvalue weighted by atomic mass is 16.3. The molecular weight excluding hydrogens is 569 g/mol. The molecule has 0 aliphatic heterocycles. The van der Waals surface area contributed by atoms with Gasteiger partial charge in [0.2, 0.25) is 0 Å². The van der Waals surface area contributed by atoms with Gasteiger partial charge in [-0.2, -0.15) is 0 Å². The molecule has 8 aromatic carbocycles. The lowest BCUT2D eigenvalue weighted by molar-refractivity contribution is 0.668. The second kappa shape index (κ2) is 10.3. The van der Waals surface area contributed by atoms with Gasteiger partial charge in [-0.3, -0.25) is 0 Å². The molecule has 0 fully saturated rings. The second-order valence-corrected chi connectivity index (χ2v) is 12.7. The zero-order valence-corrected chi connectivity index (χ0v) is 25.8. The fraction of sp³-hybridized carbons (Fsp3) is 0.0435. The van der Waals surface area contributed by atoms with Crippen LogP contribution >= 0.6 is 0 Å². The first kappa shape index (κ1) is 26.3. The minimum atomic E-state index is 0.946. The summed E-state index contributed by atoms with van der Waals surface area (Å²) >= 11 is 0. The molecule has 1 heteroatoms. The molecular formula is C46H30O. The van der Waals surface area contributed by atoms with E-state index >= 15 is 0 Å². The van der Waals surface area contributed by atoms with E-state index in [-0.39, 0.29) is 0 Å². The summed E-state index contributed by atoms with van der Waals surface area (Å²) in [5, 5.41) is 10.1. The molecule has 0 saturated heterocycles. The fourth-order valence-electron chi connectivity index (χ4n) is 8.11. The van der Waals surface area contributed by atoms with Crippen LogP contribution in [0.15, 0.2) is 156 Å². The first-order chi connectivity index (χ1) is 23.3. The van der Waals surface area contributed by atoms with E-state index in [1.807, 2.05) is 0 Å². The number of hydrogen-bond acceptors (Lipinski definition) is 1. The predicted octanol–water partition coefficient (Wildman–Crippen LogP) is 13.0. The smallest absolute Gasteiger partial charge is 0.136 e. The molecule has 1 aromatic heterocycles. The van der Waals surface area contributed by atoms with Crippen molar-refractivity contribution in [2.45, 2.75) is 12.8 Å². The van der Waals surface area contributed by atoms with Gasteiger partial charge in [0.25, 0.3) is 0 Å². The van der Waals surface area contributed by atoms with Crippen molar-refractivity contribution in [1.82, 2.24) is 0 Å². The maximum absolute atomic E-state index is 6.47. The van der Waals surface area contributed by atoms with Gasteiger partial charge in [-0.05, 0) is 108 Å². The molecule has 9 aromatic rings. The van der Waals surface area contributed by atoms with Crippen LogP contribution in [0.2, 0.25) is 0 Å². The molecule has 0 saturated carbocycles. The first-order valence-corrected chi connectivity index (χ1v) is 16.5. The molecule has 1 nitrogen and oxygen atoms in total. The largest absolute Gasteiger partial charge is 0.456 e. The van der Waals surface area contributed by atoms with Gasteiger partial charge in [-0.25, -0.2) is 0 Å². The van der Waals surface area contributed by atoms with E-state index in [2.05, 4.69) is 158 Å². The number of rotatable bonds is 3. The standard InChI is InChI=1S/C46H30O/c1-3-17-33-29(12-1)14-10-24-36(33)44-39-21-7-5-19-37(39)43(38-20-6-8-22-40(38)44)32-16-9-15-31(28-32)35-23-11-25-41-46(35)45-34-18-4-2-13-30(34)26-27-42(45)47-41/h1-3,5-17,19-28H,4,18H2. The van der Waals surface area contributed by atoms with Crippen LogP contribution in [0.1, 0.15) is 17.5 Å². The van der Waals surface area contributed by atoms with Gasteiger partial charge in [-0.1, -0.05) is 140 Å². The number of allylic oxidation sites excluding steroid dienone is 1. The van der Waals surface area contributed by atoms with E-state index in [4.69, 9.17) is 4.42 Å². The van der Waals surface area contributed by atoms with Crippen LogP contribution in [0.25, 0.3) is 93.7 Å². The Bertz CT molecular complexity index is 2680. The molecule has 0 atom stereocenters. The number of furan rings is 1. The summed E-state index contributed by atoms with van der Waals surface area (Å²) in [7, 11) is 0. The zero-order chi connectivity index (χ0) is 30.9. The normalized spacial score (nSPS) is 12.9. The van der Waals surface area contributed by atoms with E-state index in [9.17, 15) is 0 Å². The van der Waals surface area contributed by atoms with Gasteiger partial charge in [0.05, 0.1) is 0 Å².